The number of amides is 1. The lowest BCUT2D eigenvalue weighted by Crippen LogP contribution is -2.31. The number of hydrogen-bond donors (Lipinski definition) is 1. The van der Waals surface area contributed by atoms with Crippen molar-refractivity contribution in [3.05, 3.63) is 58.7 Å². The summed E-state index contributed by atoms with van der Waals surface area (Å²) in [6.45, 7) is 5.53. The molecule has 1 heterocycles. The number of esters is 1. The van der Waals surface area contributed by atoms with E-state index >= 15 is 0 Å². The van der Waals surface area contributed by atoms with Gasteiger partial charge in [-0.3, -0.25) is 4.79 Å². The molecule has 0 radical (unpaired) electrons. The van der Waals surface area contributed by atoms with Crippen LogP contribution in [0.4, 0.5) is 0 Å². The molecule has 136 valence electrons. The Balaban J connectivity index is 1.54. The van der Waals surface area contributed by atoms with E-state index in [1.54, 1.807) is 18.2 Å². The molecule has 1 atom stereocenters. The Labute approximate surface area is 152 Å². The van der Waals surface area contributed by atoms with Crippen molar-refractivity contribution in [1.82, 2.24) is 5.32 Å². The van der Waals surface area contributed by atoms with Gasteiger partial charge in [-0.2, -0.15) is 0 Å². The van der Waals surface area contributed by atoms with E-state index in [1.807, 2.05) is 39.0 Å². The van der Waals surface area contributed by atoms with Gasteiger partial charge in [0.05, 0.1) is 11.6 Å². The topological polar surface area (TPSA) is 73.9 Å². The van der Waals surface area contributed by atoms with Gasteiger partial charge >= 0.3 is 5.97 Å². The minimum atomic E-state index is -0.511. The molecule has 2 aromatic carbocycles. The third-order valence-corrected chi connectivity index (χ3v) is 4.07. The van der Waals surface area contributed by atoms with Crippen molar-refractivity contribution in [2.24, 2.45) is 0 Å². The van der Waals surface area contributed by atoms with Gasteiger partial charge in [0, 0.05) is 0 Å². The van der Waals surface area contributed by atoms with E-state index in [1.165, 1.54) is 0 Å². The first-order valence-electron chi connectivity index (χ1n) is 8.36. The quantitative estimate of drug-likeness (QED) is 0.835. The number of rotatable bonds is 5. The highest BCUT2D eigenvalue weighted by atomic mass is 16.7. The SMILES string of the molecule is Cc1cc(C)cc(C(=O)OCC(=O)NC(C)c2ccc3c(c2)OCO3)c1. The monoisotopic (exact) mass is 355 g/mol. The molecule has 26 heavy (non-hydrogen) atoms. The first-order chi connectivity index (χ1) is 12.4. The van der Waals surface area contributed by atoms with Gasteiger partial charge in [-0.25, -0.2) is 4.79 Å². The summed E-state index contributed by atoms with van der Waals surface area (Å²) in [4.78, 5) is 24.2. The minimum Gasteiger partial charge on any atom is -0.454 e. The van der Waals surface area contributed by atoms with E-state index in [0.29, 0.717) is 17.1 Å². The average Bonchev–Trinajstić information content (AvgIpc) is 3.06. The fraction of sp³-hybridized carbons (Fsp3) is 0.300. The van der Waals surface area contributed by atoms with Crippen LogP contribution in [0.25, 0.3) is 0 Å². The maximum Gasteiger partial charge on any atom is 0.338 e. The third kappa shape index (κ3) is 4.14. The van der Waals surface area contributed by atoms with Gasteiger partial charge in [0.15, 0.2) is 18.1 Å². The molecule has 1 unspecified atom stereocenters. The van der Waals surface area contributed by atoms with E-state index in [2.05, 4.69) is 5.32 Å². The molecule has 0 saturated heterocycles. The fourth-order valence-electron chi connectivity index (χ4n) is 2.86. The summed E-state index contributed by atoms with van der Waals surface area (Å²) in [6.07, 6.45) is 0. The Bertz CT molecular complexity index is 826. The number of fused-ring (bicyclic) bond motifs is 1. The maximum absolute atomic E-state index is 12.1. The number of carbonyl (C=O) groups excluding carboxylic acids is 2. The molecular formula is C20H21NO5. The zero-order valence-corrected chi connectivity index (χ0v) is 15.0. The molecule has 1 aliphatic rings. The molecule has 0 aliphatic carbocycles. The molecule has 2 aromatic rings. The summed E-state index contributed by atoms with van der Waals surface area (Å²) in [6, 6.07) is 10.7. The van der Waals surface area contributed by atoms with Crippen molar-refractivity contribution >= 4 is 11.9 Å². The van der Waals surface area contributed by atoms with Crippen molar-refractivity contribution < 1.29 is 23.8 Å². The van der Waals surface area contributed by atoms with E-state index in [9.17, 15) is 9.59 Å². The van der Waals surface area contributed by atoms with Gasteiger partial charge in [0.1, 0.15) is 0 Å². The molecule has 1 amide bonds. The van der Waals surface area contributed by atoms with Crippen LogP contribution in [0.3, 0.4) is 0 Å². The van der Waals surface area contributed by atoms with E-state index in [-0.39, 0.29) is 25.3 Å². The van der Waals surface area contributed by atoms with Gasteiger partial charge < -0.3 is 19.5 Å². The van der Waals surface area contributed by atoms with Gasteiger partial charge in [0.2, 0.25) is 6.79 Å². The second-order valence-corrected chi connectivity index (χ2v) is 6.35. The third-order valence-electron chi connectivity index (χ3n) is 4.07. The van der Waals surface area contributed by atoms with E-state index < -0.39 is 5.97 Å². The van der Waals surface area contributed by atoms with Crippen LogP contribution in [0.2, 0.25) is 0 Å². The van der Waals surface area contributed by atoms with Crippen LogP contribution >= 0.6 is 0 Å². The van der Waals surface area contributed by atoms with Crippen LogP contribution in [-0.4, -0.2) is 25.3 Å². The Morgan fingerprint density at radius 3 is 2.50 bits per heavy atom. The fourth-order valence-corrected chi connectivity index (χ4v) is 2.86. The normalized spacial score (nSPS) is 13.2. The standard InChI is InChI=1S/C20H21NO5/c1-12-6-13(2)8-16(7-12)20(23)24-10-19(22)21-14(3)15-4-5-17-18(9-15)26-11-25-17/h4-9,14H,10-11H2,1-3H3,(H,21,22). The van der Waals surface area contributed by atoms with Gasteiger partial charge in [0.25, 0.3) is 5.91 Å². The molecule has 3 rings (SSSR count). The van der Waals surface area contributed by atoms with Crippen molar-refractivity contribution in [3.63, 3.8) is 0 Å². The Morgan fingerprint density at radius 1 is 1.08 bits per heavy atom. The van der Waals surface area contributed by atoms with Crippen LogP contribution in [0.1, 0.15) is 40.0 Å². The maximum atomic E-state index is 12.1. The number of hydrogen-bond acceptors (Lipinski definition) is 5. The summed E-state index contributed by atoms with van der Waals surface area (Å²) in [5.41, 5.74) is 3.26. The lowest BCUT2D eigenvalue weighted by atomic mass is 10.1. The largest absolute Gasteiger partial charge is 0.454 e. The predicted octanol–water partition coefficient (Wildman–Crippen LogP) is 3.07. The summed E-state index contributed by atoms with van der Waals surface area (Å²) in [5, 5.41) is 2.80. The van der Waals surface area contributed by atoms with E-state index in [0.717, 1.165) is 16.7 Å². The first kappa shape index (κ1) is 17.8. The zero-order valence-electron chi connectivity index (χ0n) is 15.0. The molecule has 1 aliphatic heterocycles. The molecule has 0 aromatic heterocycles. The molecule has 1 N–H and O–H groups in total. The van der Waals surface area contributed by atoms with Crippen LogP contribution in [0, 0.1) is 13.8 Å². The molecule has 0 bridgehead atoms. The summed E-state index contributed by atoms with van der Waals surface area (Å²) < 4.78 is 15.7. The summed E-state index contributed by atoms with van der Waals surface area (Å²) >= 11 is 0. The van der Waals surface area contributed by atoms with Crippen LogP contribution in [-0.2, 0) is 9.53 Å². The van der Waals surface area contributed by atoms with Gasteiger partial charge in [-0.1, -0.05) is 23.3 Å². The van der Waals surface area contributed by atoms with Crippen LogP contribution in [0.15, 0.2) is 36.4 Å². The highest BCUT2D eigenvalue weighted by Gasteiger charge is 2.17. The lowest BCUT2D eigenvalue weighted by molar-refractivity contribution is -0.124. The van der Waals surface area contributed by atoms with Crippen molar-refractivity contribution in [2.75, 3.05) is 13.4 Å². The Kier molecular flexibility index (Phi) is 5.11. The second-order valence-electron chi connectivity index (χ2n) is 6.35. The highest BCUT2D eigenvalue weighted by molar-refractivity contribution is 5.91. The van der Waals surface area contributed by atoms with Crippen LogP contribution in [0.5, 0.6) is 11.5 Å². The number of aryl methyl sites for hydroxylation is 2. The predicted molar refractivity (Wildman–Crippen MR) is 95.3 cm³/mol. The minimum absolute atomic E-state index is 0.202. The zero-order chi connectivity index (χ0) is 18.7. The number of nitrogens with one attached hydrogen (secondary N) is 1. The van der Waals surface area contributed by atoms with Gasteiger partial charge in [-0.15, -0.1) is 0 Å². The Hall–Kier alpha value is -3.02. The molecule has 0 fully saturated rings. The summed E-state index contributed by atoms with van der Waals surface area (Å²) in [7, 11) is 0. The lowest BCUT2D eigenvalue weighted by Gasteiger charge is -2.15. The second kappa shape index (κ2) is 7.47. The molecular weight excluding hydrogens is 334 g/mol. The van der Waals surface area contributed by atoms with Gasteiger partial charge in [-0.05, 0) is 50.6 Å². The van der Waals surface area contributed by atoms with E-state index in [4.69, 9.17) is 14.2 Å². The highest BCUT2D eigenvalue weighted by Crippen LogP contribution is 2.34. The Morgan fingerprint density at radius 2 is 1.77 bits per heavy atom. The van der Waals surface area contributed by atoms with Crippen LogP contribution < -0.4 is 14.8 Å². The molecule has 0 spiro atoms. The average molecular weight is 355 g/mol. The number of carbonyl (C=O) groups is 2. The number of benzene rings is 2. The number of ether oxygens (including phenoxy) is 3. The van der Waals surface area contributed by atoms with Crippen molar-refractivity contribution in [3.8, 4) is 11.5 Å². The first-order valence-corrected chi connectivity index (χ1v) is 8.36. The van der Waals surface area contributed by atoms with Crippen molar-refractivity contribution in [1.29, 1.82) is 0 Å². The molecule has 6 nitrogen and oxygen atoms in total. The molecule has 0 saturated carbocycles. The van der Waals surface area contributed by atoms with Crippen molar-refractivity contribution in [2.45, 2.75) is 26.8 Å². The summed E-state index contributed by atoms with van der Waals surface area (Å²) in [5.74, 6) is 0.468. The smallest absolute Gasteiger partial charge is 0.338 e. The molecule has 6 heteroatoms.